The Morgan fingerprint density at radius 2 is 1.90 bits per heavy atom. The third-order valence-corrected chi connectivity index (χ3v) is 4.78. The van der Waals surface area contributed by atoms with Crippen LogP contribution < -0.4 is 10.1 Å². The van der Waals surface area contributed by atoms with E-state index < -0.39 is 0 Å². The monoisotopic (exact) mass is 289 g/mol. The number of rotatable bonds is 5. The van der Waals surface area contributed by atoms with Crippen molar-refractivity contribution in [2.24, 2.45) is 5.92 Å². The second-order valence-electron chi connectivity index (χ2n) is 7.05. The normalized spacial score (nSPS) is 20.2. The molecule has 0 saturated carbocycles. The molecule has 0 aromatic heterocycles. The van der Waals surface area contributed by atoms with E-state index in [1.54, 1.807) is 0 Å². The zero-order chi connectivity index (χ0) is 15.6. The lowest BCUT2D eigenvalue weighted by Gasteiger charge is -2.43. The van der Waals surface area contributed by atoms with Crippen molar-refractivity contribution in [3.8, 4) is 5.75 Å². The summed E-state index contributed by atoms with van der Waals surface area (Å²) < 4.78 is 6.50. The maximum Gasteiger partial charge on any atom is 0.127 e. The highest BCUT2D eigenvalue weighted by atomic mass is 16.5. The van der Waals surface area contributed by atoms with E-state index >= 15 is 0 Å². The molecule has 21 heavy (non-hydrogen) atoms. The van der Waals surface area contributed by atoms with E-state index in [9.17, 15) is 0 Å². The van der Waals surface area contributed by atoms with E-state index in [2.05, 4.69) is 59.0 Å². The average Bonchev–Trinajstić information content (AvgIpc) is 2.45. The summed E-state index contributed by atoms with van der Waals surface area (Å²) in [6.07, 6.45) is 3.20. The number of ether oxygens (including phenoxy) is 1. The standard InChI is InChI=1S/C19H31NO/c1-7-19(8-2)11-17(20-12-13(3)4)16-10-14(5)9-15(6)18(16)21-19/h9-10,13,17,20H,7-8,11-12H2,1-6H3. The molecule has 1 aliphatic rings. The first-order valence-electron chi connectivity index (χ1n) is 8.44. The van der Waals surface area contributed by atoms with Crippen molar-refractivity contribution >= 4 is 0 Å². The summed E-state index contributed by atoms with van der Waals surface area (Å²) in [7, 11) is 0. The molecule has 0 radical (unpaired) electrons. The van der Waals surface area contributed by atoms with E-state index in [1.807, 2.05) is 0 Å². The molecule has 0 amide bonds. The minimum atomic E-state index is -0.0122. The summed E-state index contributed by atoms with van der Waals surface area (Å²) in [5.41, 5.74) is 3.94. The van der Waals surface area contributed by atoms with Crippen LogP contribution in [0.2, 0.25) is 0 Å². The lowest BCUT2D eigenvalue weighted by Crippen LogP contribution is -2.44. The van der Waals surface area contributed by atoms with Gasteiger partial charge in [-0.1, -0.05) is 45.4 Å². The molecule has 0 fully saturated rings. The van der Waals surface area contributed by atoms with Crippen molar-refractivity contribution in [1.82, 2.24) is 5.32 Å². The minimum absolute atomic E-state index is 0.0122. The summed E-state index contributed by atoms with van der Waals surface area (Å²) in [6.45, 7) is 14.4. The SMILES string of the molecule is CCC1(CC)CC(NCC(C)C)c2cc(C)cc(C)c2O1. The molecule has 1 aromatic rings. The number of hydrogen-bond acceptors (Lipinski definition) is 2. The number of fused-ring (bicyclic) bond motifs is 1. The highest BCUT2D eigenvalue weighted by molar-refractivity contribution is 5.47. The first-order chi connectivity index (χ1) is 9.90. The summed E-state index contributed by atoms with van der Waals surface area (Å²) in [5, 5.41) is 3.78. The molecular weight excluding hydrogens is 258 g/mol. The largest absolute Gasteiger partial charge is 0.487 e. The fourth-order valence-electron chi connectivity index (χ4n) is 3.37. The Morgan fingerprint density at radius 3 is 2.48 bits per heavy atom. The van der Waals surface area contributed by atoms with Crippen LogP contribution in [0, 0.1) is 19.8 Å². The Kier molecular flexibility index (Phi) is 4.98. The van der Waals surface area contributed by atoms with E-state index in [-0.39, 0.29) is 5.60 Å². The van der Waals surface area contributed by atoms with Gasteiger partial charge in [-0.15, -0.1) is 0 Å². The molecule has 0 spiro atoms. The van der Waals surface area contributed by atoms with E-state index in [0.717, 1.165) is 31.6 Å². The quantitative estimate of drug-likeness (QED) is 0.829. The molecule has 2 nitrogen and oxygen atoms in total. The molecule has 2 rings (SSSR count). The van der Waals surface area contributed by atoms with Gasteiger partial charge in [0.15, 0.2) is 0 Å². The molecule has 1 N–H and O–H groups in total. The van der Waals surface area contributed by atoms with Gasteiger partial charge in [0, 0.05) is 18.0 Å². The van der Waals surface area contributed by atoms with Gasteiger partial charge in [-0.2, -0.15) is 0 Å². The second-order valence-corrected chi connectivity index (χ2v) is 7.05. The van der Waals surface area contributed by atoms with Gasteiger partial charge < -0.3 is 10.1 Å². The van der Waals surface area contributed by atoms with Crippen LogP contribution >= 0.6 is 0 Å². The first kappa shape index (κ1) is 16.4. The van der Waals surface area contributed by atoms with Gasteiger partial charge in [0.05, 0.1) is 0 Å². The second kappa shape index (κ2) is 6.39. The number of hydrogen-bond donors (Lipinski definition) is 1. The highest BCUT2D eigenvalue weighted by Crippen LogP contribution is 2.44. The molecule has 1 unspecified atom stereocenters. The third-order valence-electron chi connectivity index (χ3n) is 4.78. The zero-order valence-electron chi connectivity index (χ0n) is 14.5. The molecule has 1 atom stereocenters. The molecule has 2 heteroatoms. The zero-order valence-corrected chi connectivity index (χ0v) is 14.5. The van der Waals surface area contributed by atoms with Crippen LogP contribution in [0.5, 0.6) is 5.75 Å². The Balaban J connectivity index is 2.40. The van der Waals surface area contributed by atoms with E-state index in [0.29, 0.717) is 12.0 Å². The van der Waals surface area contributed by atoms with Crippen molar-refractivity contribution in [2.45, 2.75) is 72.4 Å². The number of nitrogens with one attached hydrogen (secondary N) is 1. The van der Waals surface area contributed by atoms with Crippen LogP contribution in [0.15, 0.2) is 12.1 Å². The van der Waals surface area contributed by atoms with Gasteiger partial charge in [0.2, 0.25) is 0 Å². The maximum absolute atomic E-state index is 6.50. The van der Waals surface area contributed by atoms with Crippen molar-refractivity contribution < 1.29 is 4.74 Å². The molecule has 1 heterocycles. The molecule has 118 valence electrons. The lowest BCUT2D eigenvalue weighted by molar-refractivity contribution is 0.0216. The van der Waals surface area contributed by atoms with Crippen molar-refractivity contribution in [3.05, 3.63) is 28.8 Å². The van der Waals surface area contributed by atoms with Gasteiger partial charge >= 0.3 is 0 Å². The van der Waals surface area contributed by atoms with E-state index in [1.165, 1.54) is 16.7 Å². The fourth-order valence-corrected chi connectivity index (χ4v) is 3.37. The van der Waals surface area contributed by atoms with Crippen molar-refractivity contribution in [1.29, 1.82) is 0 Å². The molecule has 1 aliphatic heterocycles. The molecule has 0 aliphatic carbocycles. The number of aryl methyl sites for hydroxylation is 2. The van der Waals surface area contributed by atoms with Crippen LogP contribution in [0.3, 0.4) is 0 Å². The van der Waals surface area contributed by atoms with Crippen LogP contribution in [-0.2, 0) is 0 Å². The Labute approximate surface area is 130 Å². The van der Waals surface area contributed by atoms with Gasteiger partial charge in [-0.05, 0) is 44.7 Å². The Hall–Kier alpha value is -1.02. The van der Waals surface area contributed by atoms with Crippen molar-refractivity contribution in [3.63, 3.8) is 0 Å². The van der Waals surface area contributed by atoms with Crippen LogP contribution in [-0.4, -0.2) is 12.1 Å². The smallest absolute Gasteiger partial charge is 0.127 e. The topological polar surface area (TPSA) is 21.3 Å². The maximum atomic E-state index is 6.50. The van der Waals surface area contributed by atoms with E-state index in [4.69, 9.17) is 4.74 Å². The summed E-state index contributed by atoms with van der Waals surface area (Å²) in [5.74, 6) is 1.79. The predicted molar refractivity (Wildman–Crippen MR) is 90.1 cm³/mol. The summed E-state index contributed by atoms with van der Waals surface area (Å²) in [4.78, 5) is 0. The Bertz CT molecular complexity index is 489. The third kappa shape index (κ3) is 3.42. The Morgan fingerprint density at radius 1 is 1.24 bits per heavy atom. The lowest BCUT2D eigenvalue weighted by atomic mass is 9.82. The van der Waals surface area contributed by atoms with Crippen LogP contribution in [0.25, 0.3) is 0 Å². The molecular formula is C19H31NO. The molecule has 1 aromatic carbocycles. The highest BCUT2D eigenvalue weighted by Gasteiger charge is 2.39. The molecule has 0 bridgehead atoms. The fraction of sp³-hybridized carbons (Fsp3) is 0.684. The number of benzene rings is 1. The minimum Gasteiger partial charge on any atom is -0.487 e. The molecule has 0 saturated heterocycles. The van der Waals surface area contributed by atoms with Crippen molar-refractivity contribution in [2.75, 3.05) is 6.54 Å². The van der Waals surface area contributed by atoms with Gasteiger partial charge in [-0.3, -0.25) is 0 Å². The van der Waals surface area contributed by atoms with Gasteiger partial charge in [0.1, 0.15) is 11.4 Å². The van der Waals surface area contributed by atoms with Gasteiger partial charge in [0.25, 0.3) is 0 Å². The average molecular weight is 289 g/mol. The van der Waals surface area contributed by atoms with Gasteiger partial charge in [-0.25, -0.2) is 0 Å². The predicted octanol–water partition coefficient (Wildman–Crippen LogP) is 4.93. The van der Waals surface area contributed by atoms with Crippen LogP contribution in [0.1, 0.15) is 69.7 Å². The summed E-state index contributed by atoms with van der Waals surface area (Å²) >= 11 is 0. The summed E-state index contributed by atoms with van der Waals surface area (Å²) in [6, 6.07) is 4.95. The van der Waals surface area contributed by atoms with Crippen LogP contribution in [0.4, 0.5) is 0 Å². The first-order valence-corrected chi connectivity index (χ1v) is 8.44.